The highest BCUT2D eigenvalue weighted by Crippen LogP contribution is 2.26. The lowest BCUT2D eigenvalue weighted by Gasteiger charge is -2.40. The Labute approximate surface area is 250 Å². The Morgan fingerprint density at radius 2 is 1.62 bits per heavy atom. The molecule has 1 fully saturated rings. The van der Waals surface area contributed by atoms with Crippen LogP contribution in [0.3, 0.4) is 0 Å². The highest BCUT2D eigenvalue weighted by Gasteiger charge is 2.34. The van der Waals surface area contributed by atoms with Crippen LogP contribution in [0.1, 0.15) is 34.3 Å². The van der Waals surface area contributed by atoms with Crippen molar-refractivity contribution >= 4 is 23.4 Å². The van der Waals surface area contributed by atoms with Crippen LogP contribution in [0.4, 0.5) is 0 Å². The summed E-state index contributed by atoms with van der Waals surface area (Å²) in [4.78, 5) is 35.9. The second-order valence-corrected chi connectivity index (χ2v) is 11.2. The molecule has 0 radical (unpaired) electrons. The Morgan fingerprint density at radius 3 is 2.33 bits per heavy atom. The van der Waals surface area contributed by atoms with E-state index in [2.05, 4.69) is 49.9 Å². The predicted octanol–water partition coefficient (Wildman–Crippen LogP) is 3.39. The zero-order valence-electron chi connectivity index (χ0n) is 23.3. The molecule has 2 aliphatic heterocycles. The summed E-state index contributed by atoms with van der Waals surface area (Å²) in [6, 6.07) is 24.5. The van der Waals surface area contributed by atoms with Gasteiger partial charge < -0.3 is 15.5 Å². The van der Waals surface area contributed by atoms with Gasteiger partial charge in [-0.05, 0) is 40.8 Å². The SMILES string of the molecule is O=C(NC(C(=O)N1CCN(C(Cn2cncn2)c2ccccc2)CC1)c1ccc(Cl)cc1)[C@H]1Cc2ccccc2CN1. The number of nitrogens with one attached hydrogen (secondary N) is 2. The Morgan fingerprint density at radius 1 is 0.905 bits per heavy atom. The van der Waals surface area contributed by atoms with E-state index in [1.165, 1.54) is 11.1 Å². The van der Waals surface area contributed by atoms with Crippen molar-refractivity contribution in [3.63, 3.8) is 0 Å². The Kier molecular flexibility index (Phi) is 8.60. The van der Waals surface area contributed by atoms with Crippen LogP contribution in [0.25, 0.3) is 0 Å². The number of aromatic nitrogens is 3. The summed E-state index contributed by atoms with van der Waals surface area (Å²) in [6.45, 7) is 3.78. The van der Waals surface area contributed by atoms with Crippen molar-refractivity contribution in [2.75, 3.05) is 26.2 Å². The van der Waals surface area contributed by atoms with Gasteiger partial charge in [0.05, 0.1) is 18.6 Å². The molecule has 0 aliphatic carbocycles. The van der Waals surface area contributed by atoms with Gasteiger partial charge in [-0.2, -0.15) is 5.10 Å². The summed E-state index contributed by atoms with van der Waals surface area (Å²) in [5, 5.41) is 11.3. The number of nitrogens with zero attached hydrogens (tertiary/aromatic N) is 5. The topological polar surface area (TPSA) is 95.4 Å². The van der Waals surface area contributed by atoms with Gasteiger partial charge in [-0.1, -0.05) is 78.3 Å². The molecular formula is C32H34ClN7O2. The molecule has 2 unspecified atom stereocenters. The van der Waals surface area contributed by atoms with Crippen molar-refractivity contribution in [3.8, 4) is 0 Å². The van der Waals surface area contributed by atoms with E-state index in [9.17, 15) is 9.59 Å². The first-order valence-electron chi connectivity index (χ1n) is 14.3. The first-order chi connectivity index (χ1) is 20.5. The number of rotatable bonds is 8. The Balaban J connectivity index is 1.16. The molecule has 0 saturated carbocycles. The summed E-state index contributed by atoms with van der Waals surface area (Å²) >= 11 is 6.16. The Hall–Kier alpha value is -4.05. The molecule has 3 aromatic carbocycles. The van der Waals surface area contributed by atoms with Gasteiger partial charge in [-0.25, -0.2) is 4.98 Å². The van der Waals surface area contributed by atoms with Gasteiger partial charge in [0.1, 0.15) is 18.7 Å². The molecule has 0 spiro atoms. The largest absolute Gasteiger partial charge is 0.339 e. The lowest BCUT2D eigenvalue weighted by Crippen LogP contribution is -2.55. The quantitative estimate of drug-likeness (QED) is 0.330. The molecular weight excluding hydrogens is 550 g/mol. The standard InChI is InChI=1S/C32H34ClN7O2/c33-27-12-10-24(11-13-27)30(37-31(41)28-18-25-8-4-5-9-26(25)19-35-28)32(42)39-16-14-38(15-17-39)29(20-40-22-34-21-36-40)23-6-2-1-3-7-23/h1-13,21-22,28-30,35H,14-20H2,(H,37,41)/t28-,29?,30?/m1/s1. The van der Waals surface area contributed by atoms with Crippen molar-refractivity contribution in [1.82, 2.24) is 35.2 Å². The van der Waals surface area contributed by atoms with Crippen molar-refractivity contribution in [2.45, 2.75) is 37.6 Å². The number of amides is 2. The van der Waals surface area contributed by atoms with E-state index < -0.39 is 12.1 Å². The van der Waals surface area contributed by atoms with E-state index in [0.29, 0.717) is 56.3 Å². The minimum atomic E-state index is -0.805. The van der Waals surface area contributed by atoms with Gasteiger partial charge in [-0.3, -0.25) is 19.2 Å². The summed E-state index contributed by atoms with van der Waals surface area (Å²) in [6.07, 6.45) is 3.86. The number of hydrogen-bond donors (Lipinski definition) is 2. The van der Waals surface area contributed by atoms with E-state index >= 15 is 0 Å². The van der Waals surface area contributed by atoms with Crippen molar-refractivity contribution in [2.24, 2.45) is 0 Å². The third-order valence-electron chi connectivity index (χ3n) is 8.21. The molecule has 42 heavy (non-hydrogen) atoms. The minimum absolute atomic E-state index is 0.0946. The van der Waals surface area contributed by atoms with Gasteiger partial charge in [0.2, 0.25) is 11.8 Å². The van der Waals surface area contributed by atoms with Crippen LogP contribution in [0.15, 0.2) is 91.5 Å². The number of piperazine rings is 1. The van der Waals surface area contributed by atoms with Crippen LogP contribution in [0.2, 0.25) is 5.02 Å². The fraction of sp³-hybridized carbons (Fsp3) is 0.312. The lowest BCUT2D eigenvalue weighted by atomic mass is 9.95. The fourth-order valence-corrected chi connectivity index (χ4v) is 6.00. The summed E-state index contributed by atoms with van der Waals surface area (Å²) in [5.74, 6) is -0.303. The second-order valence-electron chi connectivity index (χ2n) is 10.8. The maximum absolute atomic E-state index is 14.0. The molecule has 216 valence electrons. The smallest absolute Gasteiger partial charge is 0.249 e. The van der Waals surface area contributed by atoms with E-state index in [0.717, 1.165) is 5.56 Å². The van der Waals surface area contributed by atoms with E-state index in [-0.39, 0.29) is 17.9 Å². The highest BCUT2D eigenvalue weighted by atomic mass is 35.5. The van der Waals surface area contributed by atoms with Crippen molar-refractivity contribution < 1.29 is 9.59 Å². The average molecular weight is 584 g/mol. The van der Waals surface area contributed by atoms with Crippen molar-refractivity contribution in [1.29, 1.82) is 0 Å². The van der Waals surface area contributed by atoms with E-state index in [4.69, 9.17) is 11.6 Å². The van der Waals surface area contributed by atoms with Gasteiger partial charge in [0.15, 0.2) is 0 Å². The average Bonchev–Trinajstić information content (AvgIpc) is 3.56. The third-order valence-corrected chi connectivity index (χ3v) is 8.46. The molecule has 2 N–H and O–H groups in total. The molecule has 2 aliphatic rings. The molecule has 1 aromatic heterocycles. The summed E-state index contributed by atoms with van der Waals surface area (Å²) in [7, 11) is 0. The van der Waals surface area contributed by atoms with Crippen LogP contribution in [0, 0.1) is 0 Å². The first kappa shape index (κ1) is 28.1. The summed E-state index contributed by atoms with van der Waals surface area (Å²) in [5.41, 5.74) is 4.26. The third kappa shape index (κ3) is 6.38. The lowest BCUT2D eigenvalue weighted by molar-refractivity contribution is -0.139. The monoisotopic (exact) mass is 583 g/mol. The van der Waals surface area contributed by atoms with Crippen LogP contribution < -0.4 is 10.6 Å². The number of fused-ring (bicyclic) bond motifs is 1. The maximum Gasteiger partial charge on any atom is 0.249 e. The van der Waals surface area contributed by atoms with E-state index in [1.54, 1.807) is 24.8 Å². The second kappa shape index (κ2) is 12.9. The summed E-state index contributed by atoms with van der Waals surface area (Å²) < 4.78 is 1.85. The fourth-order valence-electron chi connectivity index (χ4n) is 5.87. The highest BCUT2D eigenvalue weighted by molar-refractivity contribution is 6.30. The molecule has 9 nitrogen and oxygen atoms in total. The van der Waals surface area contributed by atoms with Gasteiger partial charge in [-0.15, -0.1) is 0 Å². The molecule has 0 bridgehead atoms. The molecule has 2 amide bonds. The maximum atomic E-state index is 14.0. The number of carbonyl (C=O) groups excluding carboxylic acids is 2. The number of benzene rings is 3. The molecule has 4 aromatic rings. The van der Waals surface area contributed by atoms with Crippen LogP contribution in [0.5, 0.6) is 0 Å². The Bertz CT molecular complexity index is 1490. The van der Waals surface area contributed by atoms with Gasteiger partial charge in [0.25, 0.3) is 0 Å². The van der Waals surface area contributed by atoms with E-state index in [1.807, 2.05) is 52.0 Å². The van der Waals surface area contributed by atoms with Gasteiger partial charge >= 0.3 is 0 Å². The molecule has 6 rings (SSSR count). The molecule has 3 atom stereocenters. The van der Waals surface area contributed by atoms with Crippen LogP contribution >= 0.6 is 11.6 Å². The zero-order valence-corrected chi connectivity index (χ0v) is 24.0. The number of hydrogen-bond acceptors (Lipinski definition) is 6. The number of carbonyl (C=O) groups is 2. The van der Waals surface area contributed by atoms with Crippen LogP contribution in [-0.4, -0.2) is 68.6 Å². The first-order valence-corrected chi connectivity index (χ1v) is 14.7. The predicted molar refractivity (Wildman–Crippen MR) is 160 cm³/mol. The van der Waals surface area contributed by atoms with Crippen LogP contribution in [-0.2, 0) is 29.1 Å². The molecule has 1 saturated heterocycles. The zero-order chi connectivity index (χ0) is 28.9. The molecule has 10 heteroatoms. The molecule has 3 heterocycles. The number of halogens is 1. The minimum Gasteiger partial charge on any atom is -0.339 e. The normalized spacial score (nSPS) is 18.6. The van der Waals surface area contributed by atoms with Gasteiger partial charge in [0, 0.05) is 37.7 Å². The van der Waals surface area contributed by atoms with Crippen molar-refractivity contribution in [3.05, 3.63) is 119 Å².